The first-order chi connectivity index (χ1) is 7.24. The number of hydrogen-bond donors (Lipinski definition) is 1. The number of benzene rings is 1. The highest BCUT2D eigenvalue weighted by molar-refractivity contribution is 6.31. The lowest BCUT2D eigenvalue weighted by Crippen LogP contribution is -2.27. The highest BCUT2D eigenvalue weighted by Gasteiger charge is 2.01. The number of halogens is 1. The standard InChI is InChI=1S/C13H20ClN/c1-3-6-11(2)15-10-9-12-7-4-5-8-13(12)14/h4-5,7-8,11,15H,3,6,9-10H2,1-2H3. The summed E-state index contributed by atoms with van der Waals surface area (Å²) in [4.78, 5) is 0. The van der Waals surface area contributed by atoms with E-state index < -0.39 is 0 Å². The predicted molar refractivity (Wildman–Crippen MR) is 67.5 cm³/mol. The Hall–Kier alpha value is -0.530. The predicted octanol–water partition coefficient (Wildman–Crippen LogP) is 3.66. The quantitative estimate of drug-likeness (QED) is 0.779. The van der Waals surface area contributed by atoms with Gasteiger partial charge in [0.25, 0.3) is 0 Å². The van der Waals surface area contributed by atoms with Crippen molar-refractivity contribution in [2.24, 2.45) is 0 Å². The van der Waals surface area contributed by atoms with E-state index in [0.29, 0.717) is 6.04 Å². The van der Waals surface area contributed by atoms with Crippen LogP contribution in [-0.2, 0) is 6.42 Å². The second kappa shape index (κ2) is 6.86. The normalized spacial score (nSPS) is 12.7. The fourth-order valence-electron chi connectivity index (χ4n) is 1.69. The molecule has 1 unspecified atom stereocenters. The Bertz CT molecular complexity index is 286. The van der Waals surface area contributed by atoms with E-state index in [4.69, 9.17) is 11.6 Å². The Balaban J connectivity index is 2.29. The monoisotopic (exact) mass is 225 g/mol. The van der Waals surface area contributed by atoms with Gasteiger partial charge in [-0.25, -0.2) is 0 Å². The molecule has 0 saturated heterocycles. The van der Waals surface area contributed by atoms with Crippen LogP contribution in [0.3, 0.4) is 0 Å². The van der Waals surface area contributed by atoms with E-state index >= 15 is 0 Å². The first kappa shape index (κ1) is 12.5. The summed E-state index contributed by atoms with van der Waals surface area (Å²) in [5.74, 6) is 0. The molecular formula is C13H20ClN. The minimum absolute atomic E-state index is 0.609. The van der Waals surface area contributed by atoms with Crippen molar-refractivity contribution in [3.05, 3.63) is 34.9 Å². The molecule has 0 aliphatic rings. The zero-order valence-corrected chi connectivity index (χ0v) is 10.3. The van der Waals surface area contributed by atoms with Gasteiger partial charge in [0.15, 0.2) is 0 Å². The molecule has 0 aliphatic carbocycles. The summed E-state index contributed by atoms with van der Waals surface area (Å²) in [6.45, 7) is 5.45. The highest BCUT2D eigenvalue weighted by Crippen LogP contribution is 2.14. The van der Waals surface area contributed by atoms with Crippen LogP contribution in [0.15, 0.2) is 24.3 Å². The smallest absolute Gasteiger partial charge is 0.0438 e. The van der Waals surface area contributed by atoms with Crippen LogP contribution in [0.1, 0.15) is 32.3 Å². The van der Waals surface area contributed by atoms with Gasteiger partial charge in [0.05, 0.1) is 0 Å². The summed E-state index contributed by atoms with van der Waals surface area (Å²) in [6.07, 6.45) is 3.48. The van der Waals surface area contributed by atoms with E-state index in [2.05, 4.69) is 25.2 Å². The topological polar surface area (TPSA) is 12.0 Å². The molecule has 0 bridgehead atoms. The molecular weight excluding hydrogens is 206 g/mol. The second-order valence-corrected chi connectivity index (χ2v) is 4.39. The third kappa shape index (κ3) is 4.67. The van der Waals surface area contributed by atoms with Gasteiger partial charge >= 0.3 is 0 Å². The molecule has 1 rings (SSSR count). The van der Waals surface area contributed by atoms with Crippen LogP contribution < -0.4 is 5.32 Å². The molecule has 1 aromatic carbocycles. The maximum atomic E-state index is 6.07. The molecule has 0 fully saturated rings. The lowest BCUT2D eigenvalue weighted by molar-refractivity contribution is 0.512. The van der Waals surface area contributed by atoms with Crippen molar-refractivity contribution in [2.75, 3.05) is 6.54 Å². The Morgan fingerprint density at radius 3 is 2.73 bits per heavy atom. The summed E-state index contributed by atoms with van der Waals surface area (Å²) in [5.41, 5.74) is 1.23. The molecule has 84 valence electrons. The van der Waals surface area contributed by atoms with Gasteiger partial charge in [-0.2, -0.15) is 0 Å². The van der Waals surface area contributed by atoms with Crippen LogP contribution >= 0.6 is 11.6 Å². The van der Waals surface area contributed by atoms with E-state index in [1.807, 2.05) is 18.2 Å². The van der Waals surface area contributed by atoms with Crippen LogP contribution in [0, 0.1) is 0 Å². The number of nitrogens with one attached hydrogen (secondary N) is 1. The van der Waals surface area contributed by atoms with Gasteiger partial charge < -0.3 is 5.32 Å². The summed E-state index contributed by atoms with van der Waals surface area (Å²) in [6, 6.07) is 8.66. The minimum Gasteiger partial charge on any atom is -0.314 e. The average Bonchev–Trinajstić information content (AvgIpc) is 2.21. The van der Waals surface area contributed by atoms with Crippen LogP contribution in [0.4, 0.5) is 0 Å². The van der Waals surface area contributed by atoms with Crippen molar-refractivity contribution in [3.8, 4) is 0 Å². The maximum Gasteiger partial charge on any atom is 0.0438 e. The third-order valence-electron chi connectivity index (χ3n) is 2.57. The average molecular weight is 226 g/mol. The summed E-state index contributed by atoms with van der Waals surface area (Å²) < 4.78 is 0. The van der Waals surface area contributed by atoms with Gasteiger partial charge in [-0.05, 0) is 37.9 Å². The van der Waals surface area contributed by atoms with Crippen LogP contribution in [0.2, 0.25) is 5.02 Å². The van der Waals surface area contributed by atoms with Gasteiger partial charge in [0, 0.05) is 11.1 Å². The highest BCUT2D eigenvalue weighted by atomic mass is 35.5. The van der Waals surface area contributed by atoms with Crippen molar-refractivity contribution in [1.82, 2.24) is 5.32 Å². The fraction of sp³-hybridized carbons (Fsp3) is 0.538. The van der Waals surface area contributed by atoms with Crippen LogP contribution in [-0.4, -0.2) is 12.6 Å². The Kier molecular flexibility index (Phi) is 5.74. The molecule has 0 spiro atoms. The summed E-state index contributed by atoms with van der Waals surface area (Å²) in [7, 11) is 0. The van der Waals surface area contributed by atoms with Gasteiger partial charge in [-0.15, -0.1) is 0 Å². The summed E-state index contributed by atoms with van der Waals surface area (Å²) >= 11 is 6.07. The fourth-order valence-corrected chi connectivity index (χ4v) is 1.92. The van der Waals surface area contributed by atoms with E-state index in [9.17, 15) is 0 Å². The van der Waals surface area contributed by atoms with Gasteiger partial charge in [0.1, 0.15) is 0 Å². The van der Waals surface area contributed by atoms with Crippen LogP contribution in [0.5, 0.6) is 0 Å². The lowest BCUT2D eigenvalue weighted by Gasteiger charge is -2.12. The zero-order chi connectivity index (χ0) is 11.1. The van der Waals surface area contributed by atoms with Gasteiger partial charge in [-0.3, -0.25) is 0 Å². The van der Waals surface area contributed by atoms with Gasteiger partial charge in [-0.1, -0.05) is 43.1 Å². The molecule has 0 amide bonds. The lowest BCUT2D eigenvalue weighted by atomic mass is 10.1. The second-order valence-electron chi connectivity index (χ2n) is 3.99. The molecule has 0 heterocycles. The molecule has 1 N–H and O–H groups in total. The minimum atomic E-state index is 0.609. The third-order valence-corrected chi connectivity index (χ3v) is 2.94. The molecule has 1 nitrogen and oxygen atoms in total. The number of rotatable bonds is 6. The first-order valence-electron chi connectivity index (χ1n) is 5.70. The van der Waals surface area contributed by atoms with E-state index in [0.717, 1.165) is 18.0 Å². The molecule has 1 atom stereocenters. The van der Waals surface area contributed by atoms with Crippen molar-refractivity contribution in [1.29, 1.82) is 0 Å². The van der Waals surface area contributed by atoms with Crippen molar-refractivity contribution < 1.29 is 0 Å². The largest absolute Gasteiger partial charge is 0.314 e. The van der Waals surface area contributed by atoms with E-state index in [-0.39, 0.29) is 0 Å². The zero-order valence-electron chi connectivity index (χ0n) is 9.59. The van der Waals surface area contributed by atoms with Crippen molar-refractivity contribution in [3.63, 3.8) is 0 Å². The Labute approximate surface area is 97.8 Å². The Morgan fingerprint density at radius 2 is 2.07 bits per heavy atom. The van der Waals surface area contributed by atoms with Crippen LogP contribution in [0.25, 0.3) is 0 Å². The molecule has 15 heavy (non-hydrogen) atoms. The first-order valence-corrected chi connectivity index (χ1v) is 6.08. The molecule has 0 aromatic heterocycles. The molecule has 0 aliphatic heterocycles. The molecule has 2 heteroatoms. The Morgan fingerprint density at radius 1 is 1.33 bits per heavy atom. The van der Waals surface area contributed by atoms with E-state index in [1.165, 1.54) is 18.4 Å². The van der Waals surface area contributed by atoms with Crippen molar-refractivity contribution in [2.45, 2.75) is 39.2 Å². The molecule has 0 radical (unpaired) electrons. The molecule has 0 saturated carbocycles. The number of hydrogen-bond acceptors (Lipinski definition) is 1. The van der Waals surface area contributed by atoms with Crippen molar-refractivity contribution >= 4 is 11.6 Å². The molecule has 1 aromatic rings. The van der Waals surface area contributed by atoms with E-state index in [1.54, 1.807) is 0 Å². The van der Waals surface area contributed by atoms with Gasteiger partial charge in [0.2, 0.25) is 0 Å². The summed E-state index contributed by atoms with van der Waals surface area (Å²) in [5, 5.41) is 4.38. The SMILES string of the molecule is CCCC(C)NCCc1ccccc1Cl. The maximum absolute atomic E-state index is 6.07.